The van der Waals surface area contributed by atoms with E-state index < -0.39 is 0 Å². The van der Waals surface area contributed by atoms with Gasteiger partial charge in [0.05, 0.1) is 0 Å². The zero-order valence-electron chi connectivity index (χ0n) is 18.5. The molecule has 0 aliphatic heterocycles. The molecule has 0 aromatic carbocycles. The largest absolute Gasteiger partial charge is 0.328 e. The number of H-pyrrole nitrogens is 1. The highest BCUT2D eigenvalue weighted by molar-refractivity contribution is 7.99. The first-order chi connectivity index (χ1) is 15.6. The molecule has 0 bridgehead atoms. The second-order valence-corrected chi connectivity index (χ2v) is 8.51. The van der Waals surface area contributed by atoms with Crippen LogP contribution >= 0.6 is 11.8 Å². The van der Waals surface area contributed by atoms with Gasteiger partial charge >= 0.3 is 5.69 Å². The number of nitrogens with zero attached hydrogens (tertiary/aromatic N) is 5. The first-order valence-corrected chi connectivity index (χ1v) is 11.8. The predicted molar refractivity (Wildman–Crippen MR) is 127 cm³/mol. The molecule has 0 amide bonds. The normalized spacial score (nSPS) is 10.7. The molecule has 3 heterocycles. The summed E-state index contributed by atoms with van der Waals surface area (Å²) in [6.45, 7) is 2.73. The second-order valence-electron chi connectivity index (χ2n) is 7.45. The van der Waals surface area contributed by atoms with Gasteiger partial charge in [0.25, 0.3) is 5.56 Å². The van der Waals surface area contributed by atoms with Crippen molar-refractivity contribution in [2.24, 2.45) is 7.05 Å². The standard InChI is InChI=1S/C23H28N6O2S/c1-3-4-5-6-7-8-10-18-15-19(17-24-16-18)21-26-27-23(28(21)2)32-14-9-12-29-13-11-20(30)25-22(29)31/h11,13,15-17H,3-7,9,12,14H2,1-2H3,(H,25,30,31). The number of aryl methyl sites for hydroxylation is 1. The van der Waals surface area contributed by atoms with Gasteiger partial charge in [0.2, 0.25) is 0 Å². The highest BCUT2D eigenvalue weighted by Crippen LogP contribution is 2.23. The quantitative estimate of drug-likeness (QED) is 0.288. The third kappa shape index (κ3) is 6.69. The number of unbranched alkanes of at least 4 members (excludes halogenated alkanes) is 4. The number of pyridine rings is 1. The summed E-state index contributed by atoms with van der Waals surface area (Å²) >= 11 is 1.57. The number of thioether (sulfide) groups is 1. The summed E-state index contributed by atoms with van der Waals surface area (Å²) in [7, 11) is 1.93. The van der Waals surface area contributed by atoms with Crippen LogP contribution in [0.3, 0.4) is 0 Å². The molecule has 9 heteroatoms. The van der Waals surface area contributed by atoms with Crippen LogP contribution in [-0.2, 0) is 13.6 Å². The molecule has 32 heavy (non-hydrogen) atoms. The van der Waals surface area contributed by atoms with E-state index in [9.17, 15) is 9.59 Å². The van der Waals surface area contributed by atoms with Crippen molar-refractivity contribution in [2.45, 2.75) is 57.1 Å². The molecule has 0 aliphatic carbocycles. The Hall–Kier alpha value is -3.12. The molecule has 0 unspecified atom stereocenters. The third-order valence-electron chi connectivity index (χ3n) is 4.89. The van der Waals surface area contributed by atoms with Gasteiger partial charge < -0.3 is 9.13 Å². The lowest BCUT2D eigenvalue weighted by Crippen LogP contribution is -2.28. The van der Waals surface area contributed by atoms with Gasteiger partial charge in [0.15, 0.2) is 11.0 Å². The molecule has 0 atom stereocenters. The van der Waals surface area contributed by atoms with Crippen LogP contribution in [-0.4, -0.2) is 35.1 Å². The van der Waals surface area contributed by atoms with Crippen molar-refractivity contribution in [1.82, 2.24) is 29.3 Å². The van der Waals surface area contributed by atoms with E-state index in [0.717, 1.165) is 47.1 Å². The van der Waals surface area contributed by atoms with Crippen LogP contribution in [0.15, 0.2) is 45.5 Å². The average molecular weight is 453 g/mol. The Morgan fingerprint density at radius 1 is 1.12 bits per heavy atom. The molecule has 3 aromatic heterocycles. The average Bonchev–Trinajstić information content (AvgIpc) is 3.15. The maximum absolute atomic E-state index is 11.7. The lowest BCUT2D eigenvalue weighted by Gasteiger charge is -2.05. The van der Waals surface area contributed by atoms with Gasteiger partial charge in [-0.3, -0.25) is 14.8 Å². The third-order valence-corrected chi connectivity index (χ3v) is 6.00. The summed E-state index contributed by atoms with van der Waals surface area (Å²) in [5.41, 5.74) is 0.981. The first-order valence-electron chi connectivity index (χ1n) is 10.8. The van der Waals surface area contributed by atoms with Crippen LogP contribution < -0.4 is 11.2 Å². The first kappa shape index (κ1) is 23.5. The molecule has 0 radical (unpaired) electrons. The Balaban J connectivity index is 1.56. The summed E-state index contributed by atoms with van der Waals surface area (Å²) in [6.07, 6.45) is 11.6. The predicted octanol–water partition coefficient (Wildman–Crippen LogP) is 3.23. The van der Waals surface area contributed by atoms with E-state index in [4.69, 9.17) is 0 Å². The van der Waals surface area contributed by atoms with E-state index in [1.165, 1.54) is 36.1 Å². The molecule has 3 aromatic rings. The minimum atomic E-state index is -0.389. The molecule has 0 fully saturated rings. The molecule has 0 spiro atoms. The minimum absolute atomic E-state index is 0.385. The molecule has 0 aliphatic rings. The number of nitrogens with one attached hydrogen (secondary N) is 1. The Kier molecular flexibility index (Phi) is 8.87. The second kappa shape index (κ2) is 12.1. The zero-order chi connectivity index (χ0) is 22.8. The molecule has 3 rings (SSSR count). The summed E-state index contributed by atoms with van der Waals surface area (Å²) < 4.78 is 3.43. The smallest absolute Gasteiger partial charge is 0.305 e. The van der Waals surface area contributed by atoms with Crippen LogP contribution in [0.2, 0.25) is 0 Å². The molecular weight excluding hydrogens is 424 g/mol. The van der Waals surface area contributed by atoms with Gasteiger partial charge in [0, 0.05) is 61.5 Å². The van der Waals surface area contributed by atoms with Crippen molar-refractivity contribution in [3.8, 4) is 23.2 Å². The van der Waals surface area contributed by atoms with Crippen LogP contribution in [0.5, 0.6) is 0 Å². The van der Waals surface area contributed by atoms with Crippen molar-refractivity contribution in [2.75, 3.05) is 5.75 Å². The minimum Gasteiger partial charge on any atom is -0.305 e. The lowest BCUT2D eigenvalue weighted by atomic mass is 10.1. The van der Waals surface area contributed by atoms with Gasteiger partial charge in [-0.05, 0) is 18.9 Å². The van der Waals surface area contributed by atoms with Crippen molar-refractivity contribution in [3.05, 3.63) is 57.1 Å². The van der Waals surface area contributed by atoms with E-state index in [1.807, 2.05) is 17.7 Å². The van der Waals surface area contributed by atoms with E-state index in [-0.39, 0.29) is 11.2 Å². The van der Waals surface area contributed by atoms with E-state index in [1.54, 1.807) is 24.2 Å². The van der Waals surface area contributed by atoms with Gasteiger partial charge in [0.1, 0.15) is 0 Å². The Bertz CT molecular complexity index is 1200. The van der Waals surface area contributed by atoms with E-state index in [0.29, 0.717) is 6.54 Å². The number of rotatable bonds is 10. The van der Waals surface area contributed by atoms with Crippen LogP contribution in [0, 0.1) is 11.8 Å². The summed E-state index contributed by atoms with van der Waals surface area (Å²) in [4.78, 5) is 29.4. The van der Waals surface area contributed by atoms with Crippen LogP contribution in [0.1, 0.15) is 51.0 Å². The van der Waals surface area contributed by atoms with Crippen molar-refractivity contribution in [3.63, 3.8) is 0 Å². The molecule has 1 N–H and O–H groups in total. The van der Waals surface area contributed by atoms with Crippen LogP contribution in [0.4, 0.5) is 0 Å². The zero-order valence-corrected chi connectivity index (χ0v) is 19.3. The fourth-order valence-electron chi connectivity index (χ4n) is 3.15. The fraction of sp³-hybridized carbons (Fsp3) is 0.435. The Morgan fingerprint density at radius 2 is 2.00 bits per heavy atom. The topological polar surface area (TPSA) is 98.5 Å². The van der Waals surface area contributed by atoms with Crippen LogP contribution in [0.25, 0.3) is 11.4 Å². The highest BCUT2D eigenvalue weighted by atomic mass is 32.2. The van der Waals surface area contributed by atoms with E-state index >= 15 is 0 Å². The van der Waals surface area contributed by atoms with E-state index in [2.05, 4.69) is 38.9 Å². The molecule has 0 saturated carbocycles. The number of hydrogen-bond donors (Lipinski definition) is 1. The van der Waals surface area contributed by atoms with Crippen molar-refractivity contribution in [1.29, 1.82) is 0 Å². The Labute approximate surface area is 191 Å². The van der Waals surface area contributed by atoms with Gasteiger partial charge in [-0.25, -0.2) is 4.79 Å². The number of aromatic nitrogens is 6. The Morgan fingerprint density at radius 3 is 2.81 bits per heavy atom. The van der Waals surface area contributed by atoms with Crippen molar-refractivity contribution < 1.29 is 0 Å². The summed E-state index contributed by atoms with van der Waals surface area (Å²) in [5.74, 6) is 7.93. The molecule has 0 saturated heterocycles. The molecular formula is C23H28N6O2S. The monoisotopic (exact) mass is 452 g/mol. The molecule has 168 valence electrons. The van der Waals surface area contributed by atoms with Gasteiger partial charge in [-0.15, -0.1) is 10.2 Å². The molecule has 8 nitrogen and oxygen atoms in total. The van der Waals surface area contributed by atoms with Crippen molar-refractivity contribution >= 4 is 11.8 Å². The maximum Gasteiger partial charge on any atom is 0.328 e. The van der Waals surface area contributed by atoms with Gasteiger partial charge in [-0.2, -0.15) is 0 Å². The van der Waals surface area contributed by atoms with Gasteiger partial charge in [-0.1, -0.05) is 49.8 Å². The number of aromatic amines is 1. The summed E-state index contributed by atoms with van der Waals surface area (Å²) in [6, 6.07) is 3.34. The SMILES string of the molecule is CCCCCCC#Cc1cncc(-c2nnc(SCCCn3ccc(=O)[nH]c3=O)n2C)c1. The number of hydrogen-bond acceptors (Lipinski definition) is 6. The lowest BCUT2D eigenvalue weighted by molar-refractivity contribution is 0.635. The highest BCUT2D eigenvalue weighted by Gasteiger charge is 2.12. The fourth-order valence-corrected chi connectivity index (χ4v) is 3.98. The summed E-state index contributed by atoms with van der Waals surface area (Å²) in [5, 5.41) is 9.42. The maximum atomic E-state index is 11.7.